The lowest BCUT2D eigenvalue weighted by Crippen LogP contribution is -2.40. The van der Waals surface area contributed by atoms with Crippen LogP contribution in [0.25, 0.3) is 0 Å². The zero-order chi connectivity index (χ0) is 19.2. The minimum Gasteiger partial charge on any atom is -0.489 e. The van der Waals surface area contributed by atoms with Gasteiger partial charge in [-0.2, -0.15) is 5.10 Å². The van der Waals surface area contributed by atoms with E-state index in [0.717, 1.165) is 18.4 Å². The molecule has 27 heavy (non-hydrogen) atoms. The highest BCUT2D eigenvalue weighted by atomic mass is 35.5. The van der Waals surface area contributed by atoms with Crippen molar-refractivity contribution in [1.29, 1.82) is 0 Å². The number of amides is 2. The fourth-order valence-corrected chi connectivity index (χ4v) is 3.25. The van der Waals surface area contributed by atoms with Crippen LogP contribution < -0.4 is 10.1 Å². The second-order valence-electron chi connectivity index (χ2n) is 6.58. The van der Waals surface area contributed by atoms with E-state index in [4.69, 9.17) is 16.3 Å². The summed E-state index contributed by atoms with van der Waals surface area (Å²) in [5.74, 6) is 0.372. The van der Waals surface area contributed by atoms with Crippen molar-refractivity contribution >= 4 is 23.4 Å². The van der Waals surface area contributed by atoms with Gasteiger partial charge in [-0.05, 0) is 30.2 Å². The topological polar surface area (TPSA) is 87.3 Å². The van der Waals surface area contributed by atoms with Gasteiger partial charge < -0.3 is 15.0 Å². The molecule has 0 atom stereocenters. The monoisotopic (exact) mass is 390 g/mol. The van der Waals surface area contributed by atoms with E-state index in [1.54, 1.807) is 37.5 Å². The summed E-state index contributed by atoms with van der Waals surface area (Å²) in [5, 5.41) is 10.0. The highest BCUT2D eigenvalue weighted by Gasteiger charge is 2.23. The van der Waals surface area contributed by atoms with Crippen LogP contribution in [0.3, 0.4) is 0 Å². The Balaban J connectivity index is 1.60. The molecule has 1 aliphatic heterocycles. The molecule has 144 valence electrons. The maximum Gasteiger partial charge on any atom is 0.255 e. The van der Waals surface area contributed by atoms with Crippen LogP contribution in [-0.2, 0) is 11.2 Å². The fourth-order valence-electron chi connectivity index (χ4n) is 3.08. The first-order valence-electron chi connectivity index (χ1n) is 9.00. The normalized spacial score (nSPS) is 14.8. The van der Waals surface area contributed by atoms with Crippen molar-refractivity contribution in [3.63, 3.8) is 0 Å². The third-order valence-electron chi connectivity index (χ3n) is 4.62. The molecular formula is C19H23ClN4O3. The van der Waals surface area contributed by atoms with Crippen LogP contribution in [0.15, 0.2) is 30.6 Å². The van der Waals surface area contributed by atoms with Gasteiger partial charge in [-0.25, -0.2) is 0 Å². The Kier molecular flexibility index (Phi) is 6.34. The average molecular weight is 391 g/mol. The predicted molar refractivity (Wildman–Crippen MR) is 102 cm³/mol. The Morgan fingerprint density at radius 3 is 2.81 bits per heavy atom. The van der Waals surface area contributed by atoms with Crippen LogP contribution in [0.2, 0.25) is 5.02 Å². The van der Waals surface area contributed by atoms with Gasteiger partial charge in [0.1, 0.15) is 11.9 Å². The predicted octanol–water partition coefficient (Wildman–Crippen LogP) is 2.43. The van der Waals surface area contributed by atoms with Crippen molar-refractivity contribution < 1.29 is 14.3 Å². The molecule has 2 N–H and O–H groups in total. The van der Waals surface area contributed by atoms with Crippen LogP contribution in [0.1, 0.15) is 35.7 Å². The summed E-state index contributed by atoms with van der Waals surface area (Å²) in [6, 6.07) is 5.06. The van der Waals surface area contributed by atoms with Crippen molar-refractivity contribution in [2.75, 3.05) is 19.6 Å². The molecule has 0 aliphatic carbocycles. The van der Waals surface area contributed by atoms with E-state index in [0.29, 0.717) is 42.4 Å². The number of carbonyl (C=O) groups is 2. The summed E-state index contributed by atoms with van der Waals surface area (Å²) in [6.45, 7) is 3.40. The van der Waals surface area contributed by atoms with Crippen LogP contribution >= 0.6 is 11.6 Å². The van der Waals surface area contributed by atoms with Gasteiger partial charge in [0, 0.05) is 50.6 Å². The molecular weight excluding hydrogens is 368 g/mol. The van der Waals surface area contributed by atoms with Gasteiger partial charge in [-0.3, -0.25) is 14.7 Å². The quantitative estimate of drug-likeness (QED) is 0.793. The number of likely N-dealkylation sites (tertiary alicyclic amines) is 1. The summed E-state index contributed by atoms with van der Waals surface area (Å²) >= 11 is 6.08. The number of nitrogens with one attached hydrogen (secondary N) is 2. The molecule has 3 rings (SSSR count). The molecule has 2 heterocycles. The molecule has 0 bridgehead atoms. The standard InChI is InChI=1S/C19H23ClN4O3/c1-13(25)24-8-5-16(6-9-24)27-18-3-2-15(20)10-17(18)19(26)21-7-4-14-11-22-23-12-14/h2-3,10-12,16H,4-9H2,1H3,(H,21,26)(H,22,23). The van der Waals surface area contributed by atoms with E-state index in [1.165, 1.54) is 0 Å². The van der Waals surface area contributed by atoms with Crippen molar-refractivity contribution in [3.05, 3.63) is 46.7 Å². The number of hydrogen-bond acceptors (Lipinski definition) is 4. The third kappa shape index (κ3) is 5.23. The zero-order valence-corrected chi connectivity index (χ0v) is 16.0. The number of ether oxygens (including phenoxy) is 1. The molecule has 1 saturated heterocycles. The number of halogens is 1. The maximum atomic E-state index is 12.6. The lowest BCUT2D eigenvalue weighted by atomic mass is 10.1. The van der Waals surface area contributed by atoms with Crippen LogP contribution in [0.4, 0.5) is 0 Å². The van der Waals surface area contributed by atoms with Crippen LogP contribution in [0.5, 0.6) is 5.75 Å². The number of H-pyrrole nitrogens is 1. The van der Waals surface area contributed by atoms with Crippen LogP contribution in [0, 0.1) is 0 Å². The van der Waals surface area contributed by atoms with E-state index < -0.39 is 0 Å². The molecule has 2 amide bonds. The number of aromatic amines is 1. The van der Waals surface area contributed by atoms with Crippen molar-refractivity contribution in [3.8, 4) is 5.75 Å². The number of aromatic nitrogens is 2. The van der Waals surface area contributed by atoms with Crippen molar-refractivity contribution in [1.82, 2.24) is 20.4 Å². The summed E-state index contributed by atoms with van der Waals surface area (Å²) < 4.78 is 6.07. The van der Waals surface area contributed by atoms with Gasteiger partial charge in [-0.1, -0.05) is 11.6 Å². The maximum absolute atomic E-state index is 12.6. The molecule has 1 fully saturated rings. The molecule has 0 radical (unpaired) electrons. The third-order valence-corrected chi connectivity index (χ3v) is 4.86. The van der Waals surface area contributed by atoms with E-state index in [1.807, 2.05) is 4.90 Å². The van der Waals surface area contributed by atoms with Gasteiger partial charge >= 0.3 is 0 Å². The molecule has 2 aromatic rings. The minimum atomic E-state index is -0.225. The van der Waals surface area contributed by atoms with E-state index >= 15 is 0 Å². The van der Waals surface area contributed by atoms with Crippen LogP contribution in [-0.4, -0.2) is 52.6 Å². The highest BCUT2D eigenvalue weighted by molar-refractivity contribution is 6.31. The van der Waals surface area contributed by atoms with Gasteiger partial charge in [0.05, 0.1) is 11.8 Å². The molecule has 0 unspecified atom stereocenters. The number of nitrogens with zero attached hydrogens (tertiary/aromatic N) is 2. The first-order valence-corrected chi connectivity index (χ1v) is 9.38. The minimum absolute atomic E-state index is 0.0285. The summed E-state index contributed by atoms with van der Waals surface area (Å²) in [7, 11) is 0. The average Bonchev–Trinajstić information content (AvgIpc) is 3.17. The number of hydrogen-bond donors (Lipinski definition) is 2. The largest absolute Gasteiger partial charge is 0.489 e. The lowest BCUT2D eigenvalue weighted by Gasteiger charge is -2.31. The lowest BCUT2D eigenvalue weighted by molar-refractivity contribution is -0.130. The molecule has 0 spiro atoms. The Morgan fingerprint density at radius 1 is 1.37 bits per heavy atom. The number of piperidine rings is 1. The Morgan fingerprint density at radius 2 is 2.15 bits per heavy atom. The van der Waals surface area contributed by atoms with Gasteiger partial charge in [0.2, 0.25) is 5.91 Å². The van der Waals surface area contributed by atoms with E-state index in [2.05, 4.69) is 15.5 Å². The van der Waals surface area contributed by atoms with E-state index in [9.17, 15) is 9.59 Å². The second kappa shape index (κ2) is 8.90. The molecule has 1 aromatic heterocycles. The molecule has 1 aromatic carbocycles. The van der Waals surface area contributed by atoms with Crippen molar-refractivity contribution in [2.24, 2.45) is 0 Å². The smallest absolute Gasteiger partial charge is 0.255 e. The zero-order valence-electron chi connectivity index (χ0n) is 15.2. The number of benzene rings is 1. The first kappa shape index (κ1) is 19.2. The second-order valence-corrected chi connectivity index (χ2v) is 7.01. The number of rotatable bonds is 6. The van der Waals surface area contributed by atoms with Gasteiger partial charge in [0.15, 0.2) is 0 Å². The summed E-state index contributed by atoms with van der Waals surface area (Å²) in [5.41, 5.74) is 1.44. The highest BCUT2D eigenvalue weighted by Crippen LogP contribution is 2.26. The molecule has 7 nitrogen and oxygen atoms in total. The Bertz CT molecular complexity index is 786. The van der Waals surface area contributed by atoms with E-state index in [-0.39, 0.29) is 17.9 Å². The summed E-state index contributed by atoms with van der Waals surface area (Å²) in [6.07, 6.45) is 5.66. The fraction of sp³-hybridized carbons (Fsp3) is 0.421. The first-order chi connectivity index (χ1) is 13.0. The Labute approximate surface area is 163 Å². The Hall–Kier alpha value is -2.54. The molecule has 1 aliphatic rings. The molecule has 8 heteroatoms. The summed E-state index contributed by atoms with van der Waals surface area (Å²) in [4.78, 5) is 25.9. The SMILES string of the molecule is CC(=O)N1CCC(Oc2ccc(Cl)cc2C(=O)NCCc2cn[nH]c2)CC1. The van der Waals surface area contributed by atoms with Gasteiger partial charge in [-0.15, -0.1) is 0 Å². The van der Waals surface area contributed by atoms with Gasteiger partial charge in [0.25, 0.3) is 5.91 Å². The number of carbonyl (C=O) groups excluding carboxylic acids is 2. The molecule has 0 saturated carbocycles. The van der Waals surface area contributed by atoms with Crippen molar-refractivity contribution in [2.45, 2.75) is 32.3 Å².